The zero-order valence-electron chi connectivity index (χ0n) is 1.95. The molecule has 0 aliphatic heterocycles. The third-order valence-electron chi connectivity index (χ3n) is 0. The molecule has 0 saturated carbocycles. The predicted octanol–water partition coefficient (Wildman–Crippen LogP) is -2.48. The molecule has 0 aromatic carbocycles. The Hall–Kier alpha value is 0.464. The van der Waals surface area contributed by atoms with E-state index in [1.807, 2.05) is 0 Å². The normalized spacial score (nSPS) is 0. The summed E-state index contributed by atoms with van der Waals surface area (Å²) in [6.45, 7) is 0. The van der Waals surface area contributed by atoms with Crippen LogP contribution in [0.2, 0.25) is 0 Å². The predicted molar refractivity (Wildman–Crippen MR) is 10.8 cm³/mol. The zero-order chi connectivity index (χ0) is 0. The largest absolute Gasteiger partial charge is 0.412 e. The standard InChI is InChI=1S/3H2O.V/h3*1H2;. The maximum atomic E-state index is 0. The van der Waals surface area contributed by atoms with Gasteiger partial charge >= 0.3 is 0 Å². The monoisotopic (exact) mass is 105 g/mol. The van der Waals surface area contributed by atoms with Crippen molar-refractivity contribution < 1.29 is 35.0 Å². The molecule has 0 amide bonds. The van der Waals surface area contributed by atoms with E-state index in [1.54, 1.807) is 0 Å². The second-order valence-corrected chi connectivity index (χ2v) is 0. The summed E-state index contributed by atoms with van der Waals surface area (Å²) in [7, 11) is 0. The maximum Gasteiger partial charge on any atom is 0 e. The Labute approximate surface area is 35.8 Å². The van der Waals surface area contributed by atoms with Crippen LogP contribution in [0.3, 0.4) is 0 Å². The summed E-state index contributed by atoms with van der Waals surface area (Å²) in [5.41, 5.74) is 0. The minimum atomic E-state index is 0. The van der Waals surface area contributed by atoms with Gasteiger partial charge in [0, 0.05) is 18.6 Å². The molecule has 0 saturated heterocycles. The van der Waals surface area contributed by atoms with Crippen LogP contribution in [0.4, 0.5) is 0 Å². The summed E-state index contributed by atoms with van der Waals surface area (Å²) >= 11 is 0. The van der Waals surface area contributed by atoms with E-state index < -0.39 is 0 Å². The van der Waals surface area contributed by atoms with E-state index in [1.165, 1.54) is 0 Å². The fourth-order valence-corrected chi connectivity index (χ4v) is 0. The van der Waals surface area contributed by atoms with Crippen LogP contribution in [-0.2, 0) is 18.6 Å². The summed E-state index contributed by atoms with van der Waals surface area (Å²) < 4.78 is 0. The van der Waals surface area contributed by atoms with Crippen LogP contribution in [0.15, 0.2) is 0 Å². The van der Waals surface area contributed by atoms with Crippen molar-refractivity contribution in [3.8, 4) is 0 Å². The van der Waals surface area contributed by atoms with Crippen LogP contribution < -0.4 is 0 Å². The maximum absolute atomic E-state index is 0. The summed E-state index contributed by atoms with van der Waals surface area (Å²) in [5, 5.41) is 0. The van der Waals surface area contributed by atoms with Crippen molar-refractivity contribution in [3.63, 3.8) is 0 Å². The van der Waals surface area contributed by atoms with Crippen LogP contribution in [0.5, 0.6) is 0 Å². The quantitative estimate of drug-likeness (QED) is 0.326. The Balaban J connectivity index is 0. The number of hydrogen-bond acceptors (Lipinski definition) is 0. The van der Waals surface area contributed by atoms with Crippen LogP contribution in [-0.4, -0.2) is 16.4 Å². The van der Waals surface area contributed by atoms with Crippen molar-refractivity contribution in [2.24, 2.45) is 0 Å². The van der Waals surface area contributed by atoms with Crippen LogP contribution >= 0.6 is 0 Å². The molecular weight excluding hydrogens is 98.9 g/mol. The van der Waals surface area contributed by atoms with E-state index in [0.29, 0.717) is 0 Å². The van der Waals surface area contributed by atoms with Gasteiger partial charge in [0.05, 0.1) is 0 Å². The summed E-state index contributed by atoms with van der Waals surface area (Å²) in [4.78, 5) is 0. The van der Waals surface area contributed by atoms with Crippen molar-refractivity contribution in [2.45, 2.75) is 0 Å². The Morgan fingerprint density at radius 1 is 0.500 bits per heavy atom. The zero-order valence-corrected chi connectivity index (χ0v) is 3.34. The topological polar surface area (TPSA) is 94.5 Å². The molecule has 0 bridgehead atoms. The average Bonchev–Trinajstić information content (AvgIpc) is 0. The second-order valence-electron chi connectivity index (χ2n) is 0. The Morgan fingerprint density at radius 3 is 0.500 bits per heavy atom. The molecule has 0 fully saturated rings. The van der Waals surface area contributed by atoms with E-state index in [2.05, 4.69) is 0 Å². The van der Waals surface area contributed by atoms with Gasteiger partial charge in [-0.3, -0.25) is 0 Å². The van der Waals surface area contributed by atoms with Crippen molar-refractivity contribution >= 4 is 0 Å². The molecule has 0 atom stereocenters. The van der Waals surface area contributed by atoms with Crippen molar-refractivity contribution in [3.05, 3.63) is 0 Å². The average molecular weight is 105 g/mol. The third kappa shape index (κ3) is 24.5. The first-order valence-electron chi connectivity index (χ1n) is 0. The fourth-order valence-electron chi connectivity index (χ4n) is 0. The first-order chi connectivity index (χ1) is 0. The van der Waals surface area contributed by atoms with Gasteiger partial charge in [-0.1, -0.05) is 0 Å². The molecule has 4 heteroatoms. The first-order valence-corrected chi connectivity index (χ1v) is 0. The molecule has 0 rings (SSSR count). The van der Waals surface area contributed by atoms with E-state index in [4.69, 9.17) is 0 Å². The van der Waals surface area contributed by atoms with Gasteiger partial charge in [-0.05, 0) is 0 Å². The minimum absolute atomic E-state index is 0. The summed E-state index contributed by atoms with van der Waals surface area (Å²) in [6.07, 6.45) is 0. The van der Waals surface area contributed by atoms with Gasteiger partial charge in [0.1, 0.15) is 0 Å². The fraction of sp³-hybridized carbons (Fsp3) is 0. The van der Waals surface area contributed by atoms with Gasteiger partial charge in [0.2, 0.25) is 0 Å². The van der Waals surface area contributed by atoms with E-state index >= 15 is 0 Å². The smallest absolute Gasteiger partial charge is 0 e. The summed E-state index contributed by atoms with van der Waals surface area (Å²) in [6, 6.07) is 0. The molecule has 0 spiro atoms. The van der Waals surface area contributed by atoms with E-state index in [9.17, 15) is 0 Å². The van der Waals surface area contributed by atoms with Gasteiger partial charge < -0.3 is 16.4 Å². The SMILES string of the molecule is O.O.O.[V]. The number of rotatable bonds is 0. The minimum Gasteiger partial charge on any atom is -0.412 e. The molecule has 0 aliphatic rings. The molecule has 0 unspecified atom stereocenters. The van der Waals surface area contributed by atoms with Crippen LogP contribution in [0.25, 0.3) is 0 Å². The Bertz CT molecular complexity index is 3.25. The van der Waals surface area contributed by atoms with Crippen LogP contribution in [0, 0.1) is 0 Å². The molecule has 0 aromatic rings. The van der Waals surface area contributed by atoms with E-state index in [0.717, 1.165) is 0 Å². The van der Waals surface area contributed by atoms with Crippen molar-refractivity contribution in [1.82, 2.24) is 0 Å². The molecule has 3 nitrogen and oxygen atoms in total. The van der Waals surface area contributed by atoms with Gasteiger partial charge in [-0.25, -0.2) is 0 Å². The molecule has 0 aliphatic carbocycles. The van der Waals surface area contributed by atoms with Gasteiger partial charge in [-0.15, -0.1) is 0 Å². The van der Waals surface area contributed by atoms with Crippen molar-refractivity contribution in [1.29, 1.82) is 0 Å². The van der Waals surface area contributed by atoms with E-state index in [-0.39, 0.29) is 35.0 Å². The van der Waals surface area contributed by atoms with Crippen molar-refractivity contribution in [2.75, 3.05) is 0 Å². The third-order valence-corrected chi connectivity index (χ3v) is 0. The Kier molecular flexibility index (Phi) is 6060. The molecule has 6 N–H and O–H groups in total. The molecule has 0 heterocycles. The number of hydrogen-bond donors (Lipinski definition) is 0. The van der Waals surface area contributed by atoms with Gasteiger partial charge in [-0.2, -0.15) is 0 Å². The molecule has 1 radical (unpaired) electrons. The first kappa shape index (κ1) is 248. The molecule has 29 valence electrons. The molecule has 0 aromatic heterocycles. The van der Waals surface area contributed by atoms with Gasteiger partial charge in [0.15, 0.2) is 0 Å². The van der Waals surface area contributed by atoms with Gasteiger partial charge in [0.25, 0.3) is 0 Å². The molecule has 4 heavy (non-hydrogen) atoms. The second kappa shape index (κ2) is 97.6. The Morgan fingerprint density at radius 2 is 0.500 bits per heavy atom. The van der Waals surface area contributed by atoms with Crippen LogP contribution in [0.1, 0.15) is 0 Å². The summed E-state index contributed by atoms with van der Waals surface area (Å²) in [5.74, 6) is 0. The molecular formula is H6O3V.